The Kier molecular flexibility index (Phi) is 5.33. The van der Waals surface area contributed by atoms with Crippen molar-refractivity contribution in [3.63, 3.8) is 0 Å². The van der Waals surface area contributed by atoms with Crippen LogP contribution >= 0.6 is 0 Å². The minimum absolute atomic E-state index is 0.815. The van der Waals surface area contributed by atoms with E-state index < -0.39 is 0 Å². The summed E-state index contributed by atoms with van der Waals surface area (Å²) < 4.78 is 2.12. The Morgan fingerprint density at radius 2 is 1.16 bits per heavy atom. The van der Waals surface area contributed by atoms with Gasteiger partial charge in [-0.15, -0.1) is 0 Å². The maximum Gasteiger partial charge on any atom is 0.146 e. The summed E-state index contributed by atoms with van der Waals surface area (Å²) in [7, 11) is 0. The predicted octanol–water partition coefficient (Wildman–Crippen LogP) is 7.50. The van der Waals surface area contributed by atoms with Gasteiger partial charge in [-0.1, -0.05) is 36.4 Å². The Balaban J connectivity index is 1.32. The predicted molar refractivity (Wildman–Crippen MR) is 152 cm³/mol. The van der Waals surface area contributed by atoms with Gasteiger partial charge in [0.05, 0.1) is 5.52 Å². The zero-order valence-electron chi connectivity index (χ0n) is 20.4. The van der Waals surface area contributed by atoms with Gasteiger partial charge in [0.2, 0.25) is 0 Å². The topological polar surface area (TPSA) is 59.7 Å². The summed E-state index contributed by atoms with van der Waals surface area (Å²) >= 11 is 0. The lowest BCUT2D eigenvalue weighted by Crippen LogP contribution is -2.12. The van der Waals surface area contributed by atoms with Gasteiger partial charge >= 0.3 is 0 Å². The maximum absolute atomic E-state index is 4.69. The van der Waals surface area contributed by atoms with Crippen LogP contribution in [0.5, 0.6) is 0 Å². The van der Waals surface area contributed by atoms with Crippen molar-refractivity contribution in [3.05, 3.63) is 134 Å². The third-order valence-corrected chi connectivity index (χ3v) is 6.62. The summed E-state index contributed by atoms with van der Waals surface area (Å²) in [5.74, 6) is 2.48. The summed E-state index contributed by atoms with van der Waals surface area (Å²) in [5, 5.41) is 2.24. The van der Waals surface area contributed by atoms with E-state index in [1.807, 2.05) is 73.1 Å². The zero-order chi connectivity index (χ0) is 25.3. The molecule has 0 saturated heterocycles. The van der Waals surface area contributed by atoms with Crippen LogP contribution in [-0.4, -0.2) is 24.5 Å². The number of benzene rings is 2. The molecule has 180 valence electrons. The molecule has 0 radical (unpaired) electrons. The molecule has 0 aliphatic carbocycles. The third-order valence-electron chi connectivity index (χ3n) is 6.62. The van der Waals surface area contributed by atoms with E-state index in [0.29, 0.717) is 0 Å². The fourth-order valence-electron chi connectivity index (χ4n) is 4.90. The zero-order valence-corrected chi connectivity index (χ0v) is 20.4. The van der Waals surface area contributed by atoms with Gasteiger partial charge in [0.15, 0.2) is 0 Å². The molecule has 0 spiro atoms. The van der Waals surface area contributed by atoms with E-state index in [2.05, 4.69) is 72.9 Å². The molecule has 0 aliphatic rings. The van der Waals surface area contributed by atoms with Crippen molar-refractivity contribution in [1.29, 1.82) is 0 Å². The molecule has 0 unspecified atom stereocenters. The number of hydrogen-bond acceptors (Lipinski definition) is 5. The van der Waals surface area contributed by atoms with Gasteiger partial charge in [0.25, 0.3) is 0 Å². The Hall–Kier alpha value is -5.36. The average Bonchev–Trinajstić information content (AvgIpc) is 3.33. The smallest absolute Gasteiger partial charge is 0.146 e. The number of pyridine rings is 4. The van der Waals surface area contributed by atoms with Crippen molar-refractivity contribution >= 4 is 39.3 Å². The fourth-order valence-corrected chi connectivity index (χ4v) is 4.90. The van der Waals surface area contributed by atoms with Crippen LogP contribution in [0.15, 0.2) is 134 Å². The van der Waals surface area contributed by atoms with E-state index in [1.165, 1.54) is 0 Å². The van der Waals surface area contributed by atoms with E-state index >= 15 is 0 Å². The van der Waals surface area contributed by atoms with E-state index in [4.69, 9.17) is 4.98 Å². The van der Waals surface area contributed by atoms with Gasteiger partial charge in [0, 0.05) is 41.2 Å². The van der Waals surface area contributed by atoms with E-state index in [1.54, 1.807) is 12.4 Å². The Morgan fingerprint density at radius 3 is 1.82 bits per heavy atom. The molecule has 5 aromatic heterocycles. The maximum atomic E-state index is 4.69. The molecule has 0 atom stereocenters. The van der Waals surface area contributed by atoms with Crippen LogP contribution in [0.1, 0.15) is 0 Å². The molecule has 0 fully saturated rings. The van der Waals surface area contributed by atoms with Crippen LogP contribution in [0.4, 0.5) is 17.3 Å². The lowest BCUT2D eigenvalue weighted by atomic mass is 10.0. The minimum atomic E-state index is 0.815. The lowest BCUT2D eigenvalue weighted by molar-refractivity contribution is 1.06. The van der Waals surface area contributed by atoms with Gasteiger partial charge in [0.1, 0.15) is 23.1 Å². The molecule has 0 N–H and O–H groups in total. The molecular weight excluding hydrogens is 468 g/mol. The number of hydrogen-bond donors (Lipinski definition) is 0. The van der Waals surface area contributed by atoms with Gasteiger partial charge < -0.3 is 0 Å². The van der Waals surface area contributed by atoms with Crippen LogP contribution in [0, 0.1) is 0 Å². The normalized spacial score (nSPS) is 11.2. The number of aromatic nitrogens is 5. The molecule has 38 heavy (non-hydrogen) atoms. The Morgan fingerprint density at radius 1 is 0.500 bits per heavy atom. The van der Waals surface area contributed by atoms with E-state index in [9.17, 15) is 0 Å². The highest BCUT2D eigenvalue weighted by molar-refractivity contribution is 6.09. The largest absolute Gasteiger partial charge is 0.279 e. The third kappa shape index (κ3) is 3.76. The Labute approximate surface area is 219 Å². The highest BCUT2D eigenvalue weighted by Crippen LogP contribution is 2.36. The first-order valence-corrected chi connectivity index (χ1v) is 12.4. The van der Waals surface area contributed by atoms with Gasteiger partial charge in [-0.2, -0.15) is 0 Å². The first kappa shape index (κ1) is 21.9. The standard InChI is InChI=1S/C32H22N6/c1-4-18-33-29(9-1)37(30-10-2-5-19-34-30)25-15-12-23(13-16-25)24-14-17-28-27(22-24)26-8-7-21-36-32(26)38(28)31-11-3-6-20-35-31/h1-22H. The number of nitrogens with zero attached hydrogens (tertiary/aromatic N) is 6. The summed E-state index contributed by atoms with van der Waals surface area (Å²) in [6.45, 7) is 0. The van der Waals surface area contributed by atoms with Crippen molar-refractivity contribution in [1.82, 2.24) is 24.5 Å². The Bertz CT molecular complexity index is 1810. The first-order valence-electron chi connectivity index (χ1n) is 12.4. The lowest BCUT2D eigenvalue weighted by Gasteiger charge is -2.23. The summed E-state index contributed by atoms with van der Waals surface area (Å²) in [4.78, 5) is 20.5. The molecule has 6 heteroatoms. The summed E-state index contributed by atoms with van der Waals surface area (Å²) in [5.41, 5.74) is 5.22. The van der Waals surface area contributed by atoms with Crippen molar-refractivity contribution in [2.24, 2.45) is 0 Å². The van der Waals surface area contributed by atoms with Crippen LogP contribution < -0.4 is 4.90 Å². The van der Waals surface area contributed by atoms with Gasteiger partial charge in [-0.3, -0.25) is 9.47 Å². The van der Waals surface area contributed by atoms with E-state index in [-0.39, 0.29) is 0 Å². The van der Waals surface area contributed by atoms with Gasteiger partial charge in [-0.25, -0.2) is 19.9 Å². The van der Waals surface area contributed by atoms with Crippen molar-refractivity contribution < 1.29 is 0 Å². The second-order valence-electron chi connectivity index (χ2n) is 8.89. The molecule has 0 aliphatic heterocycles. The quantitative estimate of drug-likeness (QED) is 0.250. The second-order valence-corrected chi connectivity index (χ2v) is 8.89. The van der Waals surface area contributed by atoms with Gasteiger partial charge in [-0.05, 0) is 83.9 Å². The van der Waals surface area contributed by atoms with Crippen molar-refractivity contribution in [3.8, 4) is 16.9 Å². The fraction of sp³-hybridized carbons (Fsp3) is 0. The molecule has 6 nitrogen and oxygen atoms in total. The molecular formula is C32H22N6. The van der Waals surface area contributed by atoms with Crippen molar-refractivity contribution in [2.45, 2.75) is 0 Å². The number of anilines is 3. The number of fused-ring (bicyclic) bond motifs is 3. The van der Waals surface area contributed by atoms with Crippen molar-refractivity contribution in [2.75, 3.05) is 4.90 Å². The SMILES string of the molecule is c1ccc(N(c2ccc(-c3ccc4c(c3)c3cccnc3n4-c3ccccn3)cc2)c2ccccn2)nc1. The average molecular weight is 491 g/mol. The first-order chi connectivity index (χ1) is 18.9. The molecule has 0 saturated carbocycles. The molecule has 0 amide bonds. The van der Waals surface area contributed by atoms with Crippen LogP contribution in [0.3, 0.4) is 0 Å². The molecule has 0 bridgehead atoms. The highest BCUT2D eigenvalue weighted by Gasteiger charge is 2.16. The summed E-state index contributed by atoms with van der Waals surface area (Å²) in [6.07, 6.45) is 7.23. The monoisotopic (exact) mass is 490 g/mol. The summed E-state index contributed by atoms with van der Waals surface area (Å²) in [6, 6.07) is 36.9. The van der Waals surface area contributed by atoms with Crippen LogP contribution in [0.25, 0.3) is 38.9 Å². The molecule has 7 aromatic rings. The highest BCUT2D eigenvalue weighted by atomic mass is 15.2. The molecule has 2 aromatic carbocycles. The minimum Gasteiger partial charge on any atom is -0.279 e. The number of rotatable bonds is 5. The second kappa shape index (κ2) is 9.26. The molecule has 5 heterocycles. The van der Waals surface area contributed by atoms with E-state index in [0.717, 1.165) is 56.2 Å². The molecule has 7 rings (SSSR count). The van der Waals surface area contributed by atoms with Crippen LogP contribution in [-0.2, 0) is 0 Å². The van der Waals surface area contributed by atoms with Crippen LogP contribution in [0.2, 0.25) is 0 Å².